The minimum Gasteiger partial charge on any atom is -0.357 e. The van der Waals surface area contributed by atoms with Gasteiger partial charge in [0.1, 0.15) is 0 Å². The average molecular weight is 365 g/mol. The number of carbonyl (C=O) groups excluding carboxylic acids is 1. The third-order valence-electron chi connectivity index (χ3n) is 4.31. The van der Waals surface area contributed by atoms with E-state index in [1.807, 2.05) is 25.1 Å². The summed E-state index contributed by atoms with van der Waals surface area (Å²) in [6.07, 6.45) is 1.49. The predicted molar refractivity (Wildman–Crippen MR) is 105 cm³/mol. The monoisotopic (exact) mass is 364 g/mol. The molecule has 0 aromatic heterocycles. The fourth-order valence-corrected chi connectivity index (χ4v) is 3.20. The molecule has 2 rings (SSSR count). The van der Waals surface area contributed by atoms with Crippen molar-refractivity contribution < 1.29 is 4.79 Å². The van der Waals surface area contributed by atoms with Crippen LogP contribution in [0.5, 0.6) is 0 Å². The maximum atomic E-state index is 12.1. The number of benzene rings is 1. The molecule has 1 amide bonds. The van der Waals surface area contributed by atoms with Crippen molar-refractivity contribution >= 4 is 29.2 Å². The number of anilines is 1. The van der Waals surface area contributed by atoms with Gasteiger partial charge in [-0.25, -0.2) is 0 Å². The molecular formula is C19H29ClN4O. The fourth-order valence-electron chi connectivity index (χ4n) is 2.92. The van der Waals surface area contributed by atoms with Crippen molar-refractivity contribution in [1.82, 2.24) is 10.2 Å². The van der Waals surface area contributed by atoms with E-state index >= 15 is 0 Å². The lowest BCUT2D eigenvalue weighted by Crippen LogP contribution is -2.40. The Morgan fingerprint density at radius 2 is 2.16 bits per heavy atom. The van der Waals surface area contributed by atoms with Gasteiger partial charge in [-0.05, 0) is 43.4 Å². The minimum atomic E-state index is -0.0768. The summed E-state index contributed by atoms with van der Waals surface area (Å²) in [6.45, 7) is 11.8. The van der Waals surface area contributed by atoms with Crippen LogP contribution in [0.3, 0.4) is 0 Å². The van der Waals surface area contributed by atoms with E-state index in [0.29, 0.717) is 29.1 Å². The first-order valence-corrected chi connectivity index (χ1v) is 9.28. The van der Waals surface area contributed by atoms with Crippen molar-refractivity contribution in [1.29, 1.82) is 0 Å². The zero-order valence-electron chi connectivity index (χ0n) is 15.7. The summed E-state index contributed by atoms with van der Waals surface area (Å²) in [4.78, 5) is 19.0. The minimum absolute atomic E-state index is 0.0768. The van der Waals surface area contributed by atoms with Gasteiger partial charge < -0.3 is 15.5 Å². The Kier molecular flexibility index (Phi) is 6.71. The predicted octanol–water partition coefficient (Wildman–Crippen LogP) is 3.67. The number of nitrogens with one attached hydrogen (secondary N) is 2. The van der Waals surface area contributed by atoms with Gasteiger partial charge in [0.2, 0.25) is 5.91 Å². The number of aryl methyl sites for hydroxylation is 1. The fraction of sp³-hybridized carbons (Fsp3) is 0.579. The smallest absolute Gasteiger partial charge is 0.226 e. The topological polar surface area (TPSA) is 56.7 Å². The second-order valence-electron chi connectivity index (χ2n) is 7.35. The third-order valence-corrected chi connectivity index (χ3v) is 4.62. The van der Waals surface area contributed by atoms with Gasteiger partial charge in [-0.15, -0.1) is 0 Å². The van der Waals surface area contributed by atoms with Crippen LogP contribution in [0, 0.1) is 12.3 Å². The average Bonchev–Trinajstić information content (AvgIpc) is 2.89. The summed E-state index contributed by atoms with van der Waals surface area (Å²) < 4.78 is 0. The molecule has 0 saturated carbocycles. The zero-order valence-corrected chi connectivity index (χ0v) is 16.4. The molecule has 0 radical (unpaired) electrons. The first-order chi connectivity index (χ1) is 11.8. The zero-order chi connectivity index (χ0) is 18.4. The first-order valence-electron chi connectivity index (χ1n) is 8.90. The molecule has 138 valence electrons. The normalized spacial score (nSPS) is 16.8. The molecule has 1 aliphatic heterocycles. The lowest BCUT2D eigenvalue weighted by atomic mass is 9.93. The number of halogens is 1. The lowest BCUT2D eigenvalue weighted by molar-refractivity contribution is -0.116. The molecule has 6 heteroatoms. The molecule has 0 atom stereocenters. The number of rotatable bonds is 5. The summed E-state index contributed by atoms with van der Waals surface area (Å²) >= 11 is 6.15. The highest BCUT2D eigenvalue weighted by Crippen LogP contribution is 2.28. The van der Waals surface area contributed by atoms with Crippen LogP contribution < -0.4 is 10.6 Å². The SMILES string of the molecule is CCNC(=NCCC(=O)Nc1ccc(C)cc1Cl)N1CCC(C)(C)C1. The number of amides is 1. The van der Waals surface area contributed by atoms with E-state index in [9.17, 15) is 4.79 Å². The summed E-state index contributed by atoms with van der Waals surface area (Å²) in [5.74, 6) is 0.821. The van der Waals surface area contributed by atoms with Gasteiger partial charge in [-0.2, -0.15) is 0 Å². The highest BCUT2D eigenvalue weighted by molar-refractivity contribution is 6.33. The van der Waals surface area contributed by atoms with Crippen molar-refractivity contribution in [2.24, 2.45) is 10.4 Å². The van der Waals surface area contributed by atoms with Gasteiger partial charge in [-0.3, -0.25) is 9.79 Å². The Morgan fingerprint density at radius 1 is 1.40 bits per heavy atom. The molecule has 5 nitrogen and oxygen atoms in total. The standard InChI is InChI=1S/C19H29ClN4O/c1-5-21-18(24-11-9-19(3,4)13-24)22-10-8-17(25)23-16-7-6-14(2)12-15(16)20/h6-7,12H,5,8-11,13H2,1-4H3,(H,21,22)(H,23,25). The van der Waals surface area contributed by atoms with Gasteiger partial charge >= 0.3 is 0 Å². The van der Waals surface area contributed by atoms with Crippen molar-refractivity contribution in [3.8, 4) is 0 Å². The first kappa shape index (κ1) is 19.6. The molecule has 1 aromatic rings. The number of likely N-dealkylation sites (tertiary alicyclic amines) is 1. The number of guanidine groups is 1. The molecule has 0 aliphatic carbocycles. The quantitative estimate of drug-likeness (QED) is 0.619. The van der Waals surface area contributed by atoms with Crippen LogP contribution in [0.2, 0.25) is 5.02 Å². The Bertz CT molecular complexity index is 642. The Morgan fingerprint density at radius 3 is 2.76 bits per heavy atom. The van der Waals surface area contributed by atoms with Gasteiger partial charge in [0.05, 0.1) is 17.3 Å². The third kappa shape index (κ3) is 5.92. The Hall–Kier alpha value is -1.75. The van der Waals surface area contributed by atoms with Crippen molar-refractivity contribution in [3.63, 3.8) is 0 Å². The molecule has 0 bridgehead atoms. The van der Waals surface area contributed by atoms with Gasteiger partial charge in [-0.1, -0.05) is 31.5 Å². The van der Waals surface area contributed by atoms with Crippen LogP contribution in [0.15, 0.2) is 23.2 Å². The highest BCUT2D eigenvalue weighted by atomic mass is 35.5. The molecule has 1 heterocycles. The van der Waals surface area contributed by atoms with Crippen molar-refractivity contribution in [2.45, 2.75) is 40.5 Å². The maximum Gasteiger partial charge on any atom is 0.226 e. The molecule has 0 spiro atoms. The second kappa shape index (κ2) is 8.56. The van der Waals surface area contributed by atoms with Crippen LogP contribution in [0.1, 0.15) is 39.2 Å². The highest BCUT2D eigenvalue weighted by Gasteiger charge is 2.30. The van der Waals surface area contributed by atoms with Crippen LogP contribution in [0.25, 0.3) is 0 Å². The van der Waals surface area contributed by atoms with E-state index in [1.54, 1.807) is 0 Å². The number of hydrogen-bond acceptors (Lipinski definition) is 2. The molecule has 1 aliphatic rings. The molecule has 0 unspecified atom stereocenters. The van der Waals surface area contributed by atoms with E-state index in [2.05, 4.69) is 41.3 Å². The second-order valence-corrected chi connectivity index (χ2v) is 7.76. The molecule has 1 aromatic carbocycles. The number of carbonyl (C=O) groups is 1. The summed E-state index contributed by atoms with van der Waals surface area (Å²) in [7, 11) is 0. The Balaban J connectivity index is 1.89. The summed E-state index contributed by atoms with van der Waals surface area (Å²) in [5.41, 5.74) is 2.03. The van der Waals surface area contributed by atoms with Crippen molar-refractivity contribution in [3.05, 3.63) is 28.8 Å². The van der Waals surface area contributed by atoms with E-state index in [-0.39, 0.29) is 5.91 Å². The molecule has 1 saturated heterocycles. The van der Waals surface area contributed by atoms with Crippen LogP contribution >= 0.6 is 11.6 Å². The lowest BCUT2D eigenvalue weighted by Gasteiger charge is -2.23. The Labute approximate surface area is 155 Å². The van der Waals surface area contributed by atoms with E-state index in [0.717, 1.165) is 37.6 Å². The van der Waals surface area contributed by atoms with Crippen LogP contribution in [-0.2, 0) is 4.79 Å². The summed E-state index contributed by atoms with van der Waals surface area (Å²) in [6, 6.07) is 5.60. The molecule has 2 N–H and O–H groups in total. The van der Waals surface area contributed by atoms with E-state index in [4.69, 9.17) is 11.6 Å². The summed E-state index contributed by atoms with van der Waals surface area (Å²) in [5, 5.41) is 6.74. The van der Waals surface area contributed by atoms with Crippen molar-refractivity contribution in [2.75, 3.05) is 31.5 Å². The number of nitrogens with zero attached hydrogens (tertiary/aromatic N) is 2. The number of aliphatic imine (C=N–C) groups is 1. The largest absolute Gasteiger partial charge is 0.357 e. The van der Waals surface area contributed by atoms with Crippen LogP contribution in [-0.4, -0.2) is 42.9 Å². The number of hydrogen-bond donors (Lipinski definition) is 2. The maximum absolute atomic E-state index is 12.1. The van der Waals surface area contributed by atoms with Gasteiger partial charge in [0.15, 0.2) is 5.96 Å². The van der Waals surface area contributed by atoms with Crippen LogP contribution in [0.4, 0.5) is 5.69 Å². The van der Waals surface area contributed by atoms with E-state index < -0.39 is 0 Å². The van der Waals surface area contributed by atoms with Gasteiger partial charge in [0.25, 0.3) is 0 Å². The van der Waals surface area contributed by atoms with E-state index in [1.165, 1.54) is 0 Å². The van der Waals surface area contributed by atoms with Gasteiger partial charge in [0, 0.05) is 26.1 Å². The molecular weight excluding hydrogens is 336 g/mol. The molecule has 25 heavy (non-hydrogen) atoms. The molecule has 1 fully saturated rings.